The van der Waals surface area contributed by atoms with E-state index in [0.29, 0.717) is 24.1 Å². The van der Waals surface area contributed by atoms with Crippen LogP contribution in [0.15, 0.2) is 29.3 Å². The molecular formula is C19H23N7O. The first kappa shape index (κ1) is 16.6. The Bertz CT molecular complexity index is 1030. The van der Waals surface area contributed by atoms with E-state index in [-0.39, 0.29) is 5.56 Å². The van der Waals surface area contributed by atoms with Crippen molar-refractivity contribution in [1.29, 1.82) is 0 Å². The second-order valence-electron chi connectivity index (χ2n) is 7.70. The van der Waals surface area contributed by atoms with E-state index in [4.69, 9.17) is 5.10 Å². The summed E-state index contributed by atoms with van der Waals surface area (Å²) in [7, 11) is 1.76. The molecule has 140 valence electrons. The van der Waals surface area contributed by atoms with Gasteiger partial charge in [-0.3, -0.25) is 14.7 Å². The Morgan fingerprint density at radius 1 is 1.07 bits per heavy atom. The number of aromatic nitrogens is 6. The number of hydrogen-bond donors (Lipinski definition) is 0. The van der Waals surface area contributed by atoms with E-state index < -0.39 is 0 Å². The summed E-state index contributed by atoms with van der Waals surface area (Å²) in [6.07, 6.45) is 7.83. The summed E-state index contributed by atoms with van der Waals surface area (Å²) in [6.45, 7) is 2.44. The normalized spacial score (nSPS) is 19.0. The molecule has 27 heavy (non-hydrogen) atoms. The topological polar surface area (TPSA) is 81.2 Å². The van der Waals surface area contributed by atoms with Gasteiger partial charge in [0.2, 0.25) is 0 Å². The van der Waals surface area contributed by atoms with Crippen LogP contribution in [0.4, 0.5) is 0 Å². The van der Waals surface area contributed by atoms with Gasteiger partial charge in [-0.15, -0.1) is 10.2 Å². The average molecular weight is 365 g/mol. The lowest BCUT2D eigenvalue weighted by Crippen LogP contribution is -2.36. The van der Waals surface area contributed by atoms with Crippen molar-refractivity contribution in [1.82, 2.24) is 34.3 Å². The fraction of sp³-hybridized carbons (Fsp3) is 0.526. The Hall–Kier alpha value is -2.61. The maximum atomic E-state index is 12.2. The average Bonchev–Trinajstić information content (AvgIpc) is 3.46. The van der Waals surface area contributed by atoms with E-state index in [1.165, 1.54) is 12.8 Å². The molecule has 5 rings (SSSR count). The summed E-state index contributed by atoms with van der Waals surface area (Å²) in [5.41, 5.74) is 2.59. The van der Waals surface area contributed by atoms with Gasteiger partial charge in [-0.2, -0.15) is 9.61 Å². The third-order valence-electron chi connectivity index (χ3n) is 5.72. The minimum atomic E-state index is -0.0140. The van der Waals surface area contributed by atoms with E-state index in [1.54, 1.807) is 24.0 Å². The van der Waals surface area contributed by atoms with Crippen molar-refractivity contribution in [2.24, 2.45) is 7.05 Å². The Morgan fingerprint density at radius 2 is 1.89 bits per heavy atom. The predicted molar refractivity (Wildman–Crippen MR) is 99.5 cm³/mol. The second kappa shape index (κ2) is 6.53. The largest absolute Gasteiger partial charge is 0.315 e. The molecule has 1 aliphatic heterocycles. The third kappa shape index (κ3) is 3.14. The standard InChI is InChI=1S/C19H23N7O/c1-24-11-8-20-16(19(24)27)12-25-9-6-14(7-10-25)18-22-21-17-5-4-15(13-2-3-13)23-26(17)18/h4-5,8,11,13-14H,2-3,6-7,9-10,12H2,1H3. The highest BCUT2D eigenvalue weighted by Crippen LogP contribution is 2.39. The Kier molecular flexibility index (Phi) is 4.00. The quantitative estimate of drug-likeness (QED) is 0.697. The highest BCUT2D eigenvalue weighted by molar-refractivity contribution is 5.38. The molecular weight excluding hydrogens is 342 g/mol. The zero-order valence-corrected chi connectivity index (χ0v) is 15.5. The summed E-state index contributed by atoms with van der Waals surface area (Å²) < 4.78 is 3.53. The first-order valence-electron chi connectivity index (χ1n) is 9.64. The first-order chi connectivity index (χ1) is 13.2. The van der Waals surface area contributed by atoms with Crippen molar-refractivity contribution in [3.8, 4) is 0 Å². The number of fused-ring (bicyclic) bond motifs is 1. The van der Waals surface area contributed by atoms with Gasteiger partial charge >= 0.3 is 0 Å². The number of hydrogen-bond acceptors (Lipinski definition) is 6. The number of aryl methyl sites for hydroxylation is 1. The monoisotopic (exact) mass is 365 g/mol. The lowest BCUT2D eigenvalue weighted by molar-refractivity contribution is 0.197. The van der Waals surface area contributed by atoms with Crippen LogP contribution in [0.3, 0.4) is 0 Å². The van der Waals surface area contributed by atoms with Crippen LogP contribution in [0.5, 0.6) is 0 Å². The third-order valence-corrected chi connectivity index (χ3v) is 5.72. The molecule has 8 heteroatoms. The molecule has 0 bridgehead atoms. The lowest BCUT2D eigenvalue weighted by atomic mass is 9.96. The van der Waals surface area contributed by atoms with Crippen molar-refractivity contribution in [3.05, 3.63) is 52.1 Å². The van der Waals surface area contributed by atoms with Crippen molar-refractivity contribution < 1.29 is 0 Å². The van der Waals surface area contributed by atoms with Crippen LogP contribution in [-0.4, -0.2) is 47.4 Å². The number of likely N-dealkylation sites (tertiary alicyclic amines) is 1. The lowest BCUT2D eigenvalue weighted by Gasteiger charge is -2.30. The Labute approximate surface area is 156 Å². The van der Waals surface area contributed by atoms with E-state index in [0.717, 1.165) is 43.1 Å². The zero-order chi connectivity index (χ0) is 18.4. The van der Waals surface area contributed by atoms with Crippen LogP contribution in [-0.2, 0) is 13.6 Å². The van der Waals surface area contributed by atoms with E-state index in [1.807, 2.05) is 10.6 Å². The summed E-state index contributed by atoms with van der Waals surface area (Å²) in [4.78, 5) is 18.7. The van der Waals surface area contributed by atoms with Gasteiger partial charge in [-0.05, 0) is 50.9 Å². The van der Waals surface area contributed by atoms with Crippen molar-refractivity contribution in [2.45, 2.75) is 44.1 Å². The molecule has 2 aliphatic rings. The van der Waals surface area contributed by atoms with E-state index >= 15 is 0 Å². The van der Waals surface area contributed by atoms with E-state index in [2.05, 4.69) is 26.1 Å². The molecule has 3 aromatic heterocycles. The number of rotatable bonds is 4. The Morgan fingerprint density at radius 3 is 2.67 bits per heavy atom. The van der Waals surface area contributed by atoms with Gasteiger partial charge in [0.1, 0.15) is 5.69 Å². The maximum Gasteiger partial charge on any atom is 0.273 e. The molecule has 1 saturated carbocycles. The van der Waals surface area contributed by atoms with Crippen molar-refractivity contribution in [3.63, 3.8) is 0 Å². The van der Waals surface area contributed by atoms with Gasteiger partial charge < -0.3 is 4.57 Å². The van der Waals surface area contributed by atoms with Gasteiger partial charge in [0, 0.05) is 37.8 Å². The molecule has 1 saturated heterocycles. The van der Waals surface area contributed by atoms with Crippen LogP contribution < -0.4 is 5.56 Å². The first-order valence-corrected chi connectivity index (χ1v) is 9.64. The van der Waals surface area contributed by atoms with Crippen LogP contribution >= 0.6 is 0 Å². The molecule has 2 fully saturated rings. The van der Waals surface area contributed by atoms with Gasteiger partial charge in [0.25, 0.3) is 5.56 Å². The number of nitrogens with zero attached hydrogens (tertiary/aromatic N) is 7. The van der Waals surface area contributed by atoms with Gasteiger partial charge in [-0.25, -0.2) is 0 Å². The molecule has 0 N–H and O–H groups in total. The van der Waals surface area contributed by atoms with Gasteiger partial charge in [0.05, 0.1) is 5.69 Å². The minimum absolute atomic E-state index is 0.0140. The predicted octanol–water partition coefficient (Wildman–Crippen LogP) is 1.48. The molecule has 1 aliphatic carbocycles. The molecule has 0 spiro atoms. The van der Waals surface area contributed by atoms with Gasteiger partial charge in [0.15, 0.2) is 11.5 Å². The SMILES string of the molecule is Cn1ccnc(CN2CCC(c3nnc4ccc(C5CC5)nn34)CC2)c1=O. The van der Waals surface area contributed by atoms with Gasteiger partial charge in [-0.1, -0.05) is 0 Å². The molecule has 4 heterocycles. The highest BCUT2D eigenvalue weighted by Gasteiger charge is 2.28. The zero-order valence-electron chi connectivity index (χ0n) is 15.5. The van der Waals surface area contributed by atoms with Crippen molar-refractivity contribution >= 4 is 5.65 Å². The highest BCUT2D eigenvalue weighted by atomic mass is 16.1. The van der Waals surface area contributed by atoms with E-state index in [9.17, 15) is 4.79 Å². The smallest absolute Gasteiger partial charge is 0.273 e. The van der Waals surface area contributed by atoms with Crippen LogP contribution in [0.1, 0.15) is 54.7 Å². The maximum absolute atomic E-state index is 12.2. The molecule has 0 aromatic carbocycles. The summed E-state index contributed by atoms with van der Waals surface area (Å²) in [5, 5.41) is 13.6. The van der Waals surface area contributed by atoms with Crippen molar-refractivity contribution in [2.75, 3.05) is 13.1 Å². The fourth-order valence-corrected chi connectivity index (χ4v) is 3.89. The summed E-state index contributed by atoms with van der Waals surface area (Å²) in [5.74, 6) is 1.94. The number of piperidine rings is 1. The molecule has 3 aromatic rings. The molecule has 0 amide bonds. The minimum Gasteiger partial charge on any atom is -0.315 e. The fourth-order valence-electron chi connectivity index (χ4n) is 3.89. The summed E-state index contributed by atoms with van der Waals surface area (Å²) >= 11 is 0. The van der Waals surface area contributed by atoms with Crippen LogP contribution in [0.25, 0.3) is 5.65 Å². The molecule has 0 unspecified atom stereocenters. The summed E-state index contributed by atoms with van der Waals surface area (Å²) in [6, 6.07) is 4.12. The Balaban J connectivity index is 1.30. The molecule has 8 nitrogen and oxygen atoms in total. The van der Waals surface area contributed by atoms with Crippen LogP contribution in [0, 0.1) is 0 Å². The molecule has 0 radical (unpaired) electrons. The van der Waals surface area contributed by atoms with Crippen LogP contribution in [0.2, 0.25) is 0 Å². The molecule has 0 atom stereocenters. The second-order valence-corrected chi connectivity index (χ2v) is 7.70.